The molecule has 3 aromatic carbocycles. The average molecular weight is 527 g/mol. The van der Waals surface area contributed by atoms with Crippen LogP contribution in [0.15, 0.2) is 77.9 Å². The Morgan fingerprint density at radius 2 is 1.65 bits per heavy atom. The summed E-state index contributed by atoms with van der Waals surface area (Å²) in [6.07, 6.45) is 2.44. The van der Waals surface area contributed by atoms with Crippen LogP contribution in [0.1, 0.15) is 18.1 Å². The molecule has 0 radical (unpaired) electrons. The van der Waals surface area contributed by atoms with Crippen LogP contribution >= 0.6 is 0 Å². The lowest BCUT2D eigenvalue weighted by molar-refractivity contribution is -0.384. The molecule has 37 heavy (non-hydrogen) atoms. The smallest absolute Gasteiger partial charge is 0.269 e. The molecule has 0 fully saturated rings. The van der Waals surface area contributed by atoms with Crippen molar-refractivity contribution in [2.75, 3.05) is 17.7 Å². The monoisotopic (exact) mass is 526 g/mol. The van der Waals surface area contributed by atoms with Gasteiger partial charge in [-0.3, -0.25) is 19.2 Å². The number of nitro groups is 1. The SMILES string of the molecule is COc1ccc(N([C@@H](C)C(=O)N/N=C\c2ccc(OCc3ccc([N+](=O)[O-])cc3)cc2)S(C)(=O)=O)cc1. The van der Waals surface area contributed by atoms with Crippen LogP contribution in [0.5, 0.6) is 11.5 Å². The summed E-state index contributed by atoms with van der Waals surface area (Å²) in [7, 11) is -2.26. The Labute approximate surface area is 214 Å². The number of ether oxygens (including phenoxy) is 2. The molecule has 1 amide bonds. The number of hydrogen-bond acceptors (Lipinski definition) is 8. The topological polar surface area (TPSA) is 140 Å². The van der Waals surface area contributed by atoms with E-state index in [2.05, 4.69) is 10.5 Å². The minimum atomic E-state index is -3.76. The van der Waals surface area contributed by atoms with Crippen LogP contribution < -0.4 is 19.2 Å². The van der Waals surface area contributed by atoms with Crippen molar-refractivity contribution in [3.8, 4) is 11.5 Å². The normalized spacial score (nSPS) is 12.1. The van der Waals surface area contributed by atoms with Crippen molar-refractivity contribution in [3.63, 3.8) is 0 Å². The van der Waals surface area contributed by atoms with Crippen LogP contribution in [0, 0.1) is 10.1 Å². The second kappa shape index (κ2) is 12.0. The highest BCUT2D eigenvalue weighted by molar-refractivity contribution is 7.92. The quantitative estimate of drug-likeness (QED) is 0.229. The van der Waals surface area contributed by atoms with E-state index in [0.29, 0.717) is 22.7 Å². The number of nitrogens with one attached hydrogen (secondary N) is 1. The molecular weight excluding hydrogens is 500 g/mol. The molecule has 0 spiro atoms. The highest BCUT2D eigenvalue weighted by Gasteiger charge is 2.29. The first-order valence-corrected chi connectivity index (χ1v) is 12.9. The number of nitro benzene ring substituents is 1. The van der Waals surface area contributed by atoms with Gasteiger partial charge in [0.05, 0.1) is 30.2 Å². The van der Waals surface area contributed by atoms with Gasteiger partial charge in [0, 0.05) is 12.1 Å². The molecule has 0 bridgehead atoms. The Hall–Kier alpha value is -4.45. The summed E-state index contributed by atoms with van der Waals surface area (Å²) in [6, 6.07) is 18.2. The number of amides is 1. The van der Waals surface area contributed by atoms with Crippen molar-refractivity contribution in [1.29, 1.82) is 0 Å². The fourth-order valence-electron chi connectivity index (χ4n) is 3.33. The summed E-state index contributed by atoms with van der Waals surface area (Å²) in [5.41, 5.74) is 4.16. The van der Waals surface area contributed by atoms with Crippen molar-refractivity contribution in [1.82, 2.24) is 5.43 Å². The van der Waals surface area contributed by atoms with Crippen LogP contribution in [0.25, 0.3) is 0 Å². The molecule has 3 rings (SSSR count). The number of nitrogens with zero attached hydrogens (tertiary/aromatic N) is 3. The number of hydrazone groups is 1. The van der Waals surface area contributed by atoms with Crippen LogP contribution in [0.4, 0.5) is 11.4 Å². The predicted octanol–water partition coefficient (Wildman–Crippen LogP) is 3.49. The van der Waals surface area contributed by atoms with Gasteiger partial charge in [0.1, 0.15) is 24.1 Å². The number of sulfonamides is 1. The lowest BCUT2D eigenvalue weighted by Gasteiger charge is -2.27. The number of rotatable bonds is 11. The molecule has 0 heterocycles. The van der Waals surface area contributed by atoms with Crippen molar-refractivity contribution >= 4 is 33.5 Å². The maximum Gasteiger partial charge on any atom is 0.269 e. The minimum absolute atomic E-state index is 0.0126. The Morgan fingerprint density at radius 3 is 2.19 bits per heavy atom. The van der Waals surface area contributed by atoms with Gasteiger partial charge in [-0.15, -0.1) is 0 Å². The third-order valence-electron chi connectivity index (χ3n) is 5.24. The van der Waals surface area contributed by atoms with Crippen molar-refractivity contribution in [2.45, 2.75) is 19.6 Å². The first-order valence-electron chi connectivity index (χ1n) is 11.0. The van der Waals surface area contributed by atoms with Gasteiger partial charge in [0.15, 0.2) is 0 Å². The van der Waals surface area contributed by atoms with Gasteiger partial charge >= 0.3 is 0 Å². The zero-order valence-electron chi connectivity index (χ0n) is 20.4. The number of anilines is 1. The fourth-order valence-corrected chi connectivity index (χ4v) is 4.51. The Balaban J connectivity index is 1.57. The number of methoxy groups -OCH3 is 1. The molecular formula is C25H26N4O7S. The molecule has 0 aromatic heterocycles. The van der Waals surface area contributed by atoms with Crippen LogP contribution in [-0.2, 0) is 21.4 Å². The molecule has 0 unspecified atom stereocenters. The van der Waals surface area contributed by atoms with E-state index in [1.807, 2.05) is 0 Å². The minimum Gasteiger partial charge on any atom is -0.497 e. The number of carbonyl (C=O) groups is 1. The number of carbonyl (C=O) groups excluding carboxylic acids is 1. The molecule has 1 N–H and O–H groups in total. The summed E-state index contributed by atoms with van der Waals surface area (Å²) in [5.74, 6) is 0.527. The summed E-state index contributed by atoms with van der Waals surface area (Å²) in [6.45, 7) is 1.71. The molecule has 12 heteroatoms. The van der Waals surface area contributed by atoms with E-state index >= 15 is 0 Å². The molecule has 0 saturated carbocycles. The van der Waals surface area contributed by atoms with Crippen LogP contribution in [-0.4, -0.2) is 44.9 Å². The van der Waals surface area contributed by atoms with Gasteiger partial charge in [-0.1, -0.05) is 0 Å². The molecule has 11 nitrogen and oxygen atoms in total. The van der Waals surface area contributed by atoms with Gasteiger partial charge in [0.25, 0.3) is 11.6 Å². The Bertz CT molecular complexity index is 1360. The van der Waals surface area contributed by atoms with E-state index in [-0.39, 0.29) is 12.3 Å². The van der Waals surface area contributed by atoms with Crippen LogP contribution in [0.2, 0.25) is 0 Å². The molecule has 3 aromatic rings. The molecule has 194 valence electrons. The highest BCUT2D eigenvalue weighted by atomic mass is 32.2. The lowest BCUT2D eigenvalue weighted by atomic mass is 10.2. The van der Waals surface area contributed by atoms with E-state index in [4.69, 9.17) is 9.47 Å². The second-order valence-electron chi connectivity index (χ2n) is 7.95. The Morgan fingerprint density at radius 1 is 1.05 bits per heavy atom. The number of hydrogen-bond donors (Lipinski definition) is 1. The van der Waals surface area contributed by atoms with E-state index in [0.717, 1.165) is 16.1 Å². The largest absolute Gasteiger partial charge is 0.497 e. The van der Waals surface area contributed by atoms with Gasteiger partial charge < -0.3 is 9.47 Å². The summed E-state index contributed by atoms with van der Waals surface area (Å²) in [4.78, 5) is 22.9. The maximum atomic E-state index is 12.6. The molecule has 0 saturated heterocycles. The van der Waals surface area contributed by atoms with E-state index in [1.165, 1.54) is 32.4 Å². The van der Waals surface area contributed by atoms with Crippen LogP contribution in [0.3, 0.4) is 0 Å². The summed E-state index contributed by atoms with van der Waals surface area (Å²) < 4.78 is 36.6. The number of benzene rings is 3. The highest BCUT2D eigenvalue weighted by Crippen LogP contribution is 2.24. The van der Waals surface area contributed by atoms with Crippen molar-refractivity contribution in [3.05, 3.63) is 94.0 Å². The molecule has 0 aliphatic rings. The summed E-state index contributed by atoms with van der Waals surface area (Å²) >= 11 is 0. The average Bonchev–Trinajstić information content (AvgIpc) is 2.88. The molecule has 0 aliphatic heterocycles. The molecule has 0 aliphatic carbocycles. The van der Waals surface area contributed by atoms with Gasteiger partial charge in [0.2, 0.25) is 10.0 Å². The van der Waals surface area contributed by atoms with E-state index in [9.17, 15) is 23.3 Å². The molecule has 1 atom stereocenters. The zero-order valence-corrected chi connectivity index (χ0v) is 21.2. The third-order valence-corrected chi connectivity index (χ3v) is 6.48. The third kappa shape index (κ3) is 7.51. The standard InChI is InChI=1S/C25H26N4O7S/c1-18(28(37(3,33)34)21-10-14-23(35-2)15-11-21)25(30)27-26-16-19-6-12-24(13-7-19)36-17-20-4-8-22(9-5-20)29(31)32/h4-16,18H,17H2,1-3H3,(H,27,30)/b26-16-/t18-/m0/s1. The zero-order chi connectivity index (χ0) is 27.0. The van der Waals surface area contributed by atoms with E-state index in [1.54, 1.807) is 60.7 Å². The van der Waals surface area contributed by atoms with Gasteiger partial charge in [-0.2, -0.15) is 5.10 Å². The van der Waals surface area contributed by atoms with E-state index < -0.39 is 26.9 Å². The lowest BCUT2D eigenvalue weighted by Crippen LogP contribution is -2.46. The number of non-ortho nitro benzene ring substituents is 1. The fraction of sp³-hybridized carbons (Fsp3) is 0.200. The first-order chi connectivity index (χ1) is 17.6. The van der Waals surface area contributed by atoms with Crippen molar-refractivity contribution < 1.29 is 27.6 Å². The van der Waals surface area contributed by atoms with Gasteiger partial charge in [-0.25, -0.2) is 13.8 Å². The Kier molecular flexibility index (Phi) is 8.80. The summed E-state index contributed by atoms with van der Waals surface area (Å²) in [5, 5.41) is 14.7. The first kappa shape index (κ1) is 27.1. The predicted molar refractivity (Wildman–Crippen MR) is 139 cm³/mol. The maximum absolute atomic E-state index is 12.6. The second-order valence-corrected chi connectivity index (χ2v) is 9.81. The van der Waals surface area contributed by atoms with Crippen molar-refractivity contribution in [2.24, 2.45) is 5.10 Å². The van der Waals surface area contributed by atoms with Gasteiger partial charge in [-0.05, 0) is 78.7 Å².